The zero-order chi connectivity index (χ0) is 36.7. The largest absolute Gasteiger partial charge is 0.444 e. The smallest absolute Gasteiger partial charge is 0.408 e. The van der Waals surface area contributed by atoms with Crippen LogP contribution >= 0.6 is 0 Å². The number of allylic oxidation sites excluding steroid dienone is 3. The van der Waals surface area contributed by atoms with Gasteiger partial charge in [0.05, 0.1) is 33.2 Å². The number of sulfonamides is 1. The fourth-order valence-electron chi connectivity index (χ4n) is 6.68. The van der Waals surface area contributed by atoms with Crippen molar-refractivity contribution in [1.82, 2.24) is 19.9 Å². The second-order valence-electron chi connectivity index (χ2n) is 13.8. The van der Waals surface area contributed by atoms with Crippen LogP contribution in [0.5, 0.6) is 0 Å². The summed E-state index contributed by atoms with van der Waals surface area (Å²) in [5.74, 6) is 1.36. The monoisotopic (exact) mass is 712 g/mol. The minimum absolute atomic E-state index is 0.000921. The van der Waals surface area contributed by atoms with Crippen molar-refractivity contribution < 1.29 is 17.9 Å². The molecule has 1 aliphatic carbocycles. The lowest BCUT2D eigenvalue weighted by Crippen LogP contribution is -2.52. The quantitative estimate of drug-likeness (QED) is 0.128. The van der Waals surface area contributed by atoms with Crippen molar-refractivity contribution in [3.8, 4) is 39.6 Å². The van der Waals surface area contributed by atoms with Gasteiger partial charge in [0.2, 0.25) is 0 Å². The van der Waals surface area contributed by atoms with Crippen LogP contribution in [-0.2, 0) is 20.3 Å². The van der Waals surface area contributed by atoms with Gasteiger partial charge < -0.3 is 15.4 Å². The van der Waals surface area contributed by atoms with Gasteiger partial charge in [-0.15, -0.1) is 0 Å². The van der Waals surface area contributed by atoms with Gasteiger partial charge in [-0.1, -0.05) is 67.8 Å². The number of rotatable bonds is 9. The molecule has 1 saturated carbocycles. The Morgan fingerprint density at radius 3 is 2.44 bits per heavy atom. The van der Waals surface area contributed by atoms with Crippen LogP contribution in [0.15, 0.2) is 127 Å². The molecule has 11 heteroatoms. The van der Waals surface area contributed by atoms with Crippen LogP contribution in [-0.4, -0.2) is 34.6 Å². The third-order valence-corrected chi connectivity index (χ3v) is 10.6. The van der Waals surface area contributed by atoms with Gasteiger partial charge in [-0.05, 0) is 94.1 Å². The first-order valence-corrected chi connectivity index (χ1v) is 18.5. The van der Waals surface area contributed by atoms with Gasteiger partial charge in [-0.25, -0.2) is 23.2 Å². The van der Waals surface area contributed by atoms with Gasteiger partial charge in [-0.3, -0.25) is 9.29 Å². The first-order valence-electron chi connectivity index (χ1n) is 17.1. The van der Waals surface area contributed by atoms with Crippen molar-refractivity contribution >= 4 is 33.3 Å². The number of fused-ring (bicyclic) bond motifs is 5. The molecular formula is C41H40N6O4S. The Morgan fingerprint density at radius 2 is 1.75 bits per heavy atom. The molecule has 1 fully saturated rings. The van der Waals surface area contributed by atoms with E-state index in [4.69, 9.17) is 14.7 Å². The predicted octanol–water partition coefficient (Wildman–Crippen LogP) is 9.23. The third kappa shape index (κ3) is 6.51. The van der Waals surface area contributed by atoms with Gasteiger partial charge >= 0.3 is 6.09 Å². The molecule has 5 aromatic rings. The summed E-state index contributed by atoms with van der Waals surface area (Å²) in [6.45, 7) is 12.8. The Bertz CT molecular complexity index is 2350. The molecule has 2 aliphatic rings. The normalized spacial score (nSPS) is 14.6. The molecule has 0 radical (unpaired) electrons. The molecular weight excluding hydrogens is 673 g/mol. The van der Waals surface area contributed by atoms with E-state index in [-0.39, 0.29) is 4.91 Å². The molecule has 2 aromatic heterocycles. The number of amides is 1. The summed E-state index contributed by atoms with van der Waals surface area (Å²) in [5, 5.41) is 6.65. The zero-order valence-corrected chi connectivity index (χ0v) is 30.1. The van der Waals surface area contributed by atoms with E-state index >= 15 is 0 Å². The number of ether oxygens (including phenoxy) is 1. The summed E-state index contributed by atoms with van der Waals surface area (Å²) >= 11 is 0. The summed E-state index contributed by atoms with van der Waals surface area (Å²) in [6.07, 6.45) is 7.98. The number of para-hydroxylation sites is 1. The second-order valence-corrected chi connectivity index (χ2v) is 15.5. The van der Waals surface area contributed by atoms with Crippen molar-refractivity contribution in [1.29, 1.82) is 0 Å². The average molecular weight is 713 g/mol. The summed E-state index contributed by atoms with van der Waals surface area (Å²) in [6, 6.07) is 27.2. The van der Waals surface area contributed by atoms with Gasteiger partial charge in [0.25, 0.3) is 10.0 Å². The van der Waals surface area contributed by atoms with Gasteiger partial charge in [0.15, 0.2) is 5.82 Å². The molecule has 0 saturated heterocycles. The molecule has 0 atom stereocenters. The summed E-state index contributed by atoms with van der Waals surface area (Å²) < 4.78 is 36.9. The highest BCUT2D eigenvalue weighted by Gasteiger charge is 2.41. The van der Waals surface area contributed by atoms with Crippen LogP contribution in [0.1, 0.15) is 45.6 Å². The average Bonchev–Trinajstić information content (AvgIpc) is 3.42. The highest BCUT2D eigenvalue weighted by Crippen LogP contribution is 2.46. The van der Waals surface area contributed by atoms with E-state index < -0.39 is 27.3 Å². The number of benzene rings is 3. The molecule has 3 aromatic carbocycles. The number of carbonyl (C=O) groups excluding carboxylic acids is 1. The molecule has 3 N–H and O–H groups in total. The Kier molecular flexibility index (Phi) is 8.83. The maximum atomic E-state index is 13.2. The Hall–Kier alpha value is -5.94. The Morgan fingerprint density at radius 1 is 0.981 bits per heavy atom. The summed E-state index contributed by atoms with van der Waals surface area (Å²) in [7, 11) is -3.93. The molecule has 1 amide bonds. The fourth-order valence-corrected chi connectivity index (χ4v) is 7.73. The highest BCUT2D eigenvalue weighted by molar-refractivity contribution is 7.96. The molecule has 264 valence electrons. The molecule has 7 rings (SSSR count). The molecule has 3 heterocycles. The van der Waals surface area contributed by atoms with Crippen LogP contribution in [0.4, 0.5) is 22.0 Å². The van der Waals surface area contributed by atoms with Crippen molar-refractivity contribution in [3.05, 3.63) is 133 Å². The van der Waals surface area contributed by atoms with Crippen molar-refractivity contribution in [3.63, 3.8) is 0 Å². The molecule has 0 bridgehead atoms. The number of pyridine rings is 1. The van der Waals surface area contributed by atoms with E-state index in [9.17, 15) is 13.2 Å². The van der Waals surface area contributed by atoms with E-state index in [1.54, 1.807) is 24.4 Å². The maximum Gasteiger partial charge on any atom is 0.408 e. The predicted molar refractivity (Wildman–Crippen MR) is 207 cm³/mol. The SMILES string of the molecule is C=C/C=C(\C=C)S(=O)(=O)Nc1cccc(-c2nc3n(c2-c2ccc(C4(NC(=O)OC(C)(C)C)CCC4)cc2)-c2cccnc2Nc2ccccc2-3)c1. The Labute approximate surface area is 304 Å². The van der Waals surface area contributed by atoms with Crippen molar-refractivity contribution in [2.75, 3.05) is 10.0 Å². The number of anilines is 3. The standard InChI is InChI=1S/C41H40N6O4S/c1-6-13-31(7-2)52(49,50)46-30-15-10-14-28(26-30)35-36(27-19-21-29(22-20-27)41(23-12-24-41)45-39(48)51-40(3,4)5)47-34-18-11-25-42-37(34)43-33-17-9-8-16-32(33)38(47)44-35/h6-11,13-22,25-26,46H,1-2,12,23-24H2,3-5H3,(H,42,43)(H,45,48)/b31-13+. The number of alkyl carbamates (subject to hydrolysis) is 1. The van der Waals surface area contributed by atoms with Crippen LogP contribution in [0.3, 0.4) is 0 Å². The number of carbonyl (C=O) groups is 1. The molecule has 10 nitrogen and oxygen atoms in total. The zero-order valence-electron chi connectivity index (χ0n) is 29.3. The van der Waals surface area contributed by atoms with Gasteiger partial charge in [0.1, 0.15) is 11.4 Å². The number of nitrogens with one attached hydrogen (secondary N) is 3. The summed E-state index contributed by atoms with van der Waals surface area (Å²) in [4.78, 5) is 22.9. The fraction of sp³-hybridized carbons (Fsp3) is 0.195. The van der Waals surface area contributed by atoms with Crippen molar-refractivity contribution in [2.45, 2.75) is 51.2 Å². The van der Waals surface area contributed by atoms with E-state index in [0.717, 1.165) is 53.0 Å². The number of hydrogen-bond donors (Lipinski definition) is 3. The lowest BCUT2D eigenvalue weighted by Gasteiger charge is -2.43. The molecule has 52 heavy (non-hydrogen) atoms. The van der Waals surface area contributed by atoms with E-state index in [2.05, 4.69) is 45.2 Å². The topological polar surface area (TPSA) is 127 Å². The number of nitrogens with zero attached hydrogens (tertiary/aromatic N) is 3. The molecule has 0 spiro atoms. The first-order chi connectivity index (χ1) is 24.9. The van der Waals surface area contributed by atoms with Gasteiger partial charge in [0, 0.05) is 28.6 Å². The minimum atomic E-state index is -3.93. The molecule has 0 unspecified atom stereocenters. The lowest BCUT2D eigenvalue weighted by molar-refractivity contribution is 0.0377. The second kappa shape index (κ2) is 13.3. The maximum absolute atomic E-state index is 13.2. The van der Waals surface area contributed by atoms with E-state index in [0.29, 0.717) is 28.6 Å². The highest BCUT2D eigenvalue weighted by atomic mass is 32.2. The lowest BCUT2D eigenvalue weighted by atomic mass is 9.71. The van der Waals surface area contributed by atoms with Crippen LogP contribution in [0.2, 0.25) is 0 Å². The van der Waals surface area contributed by atoms with Gasteiger partial charge in [-0.2, -0.15) is 0 Å². The van der Waals surface area contributed by atoms with Crippen LogP contribution in [0, 0.1) is 0 Å². The first kappa shape index (κ1) is 34.5. The number of aromatic nitrogens is 3. The van der Waals surface area contributed by atoms with E-state index in [1.807, 2.05) is 75.4 Å². The summed E-state index contributed by atoms with van der Waals surface area (Å²) in [5.41, 5.74) is 5.75. The van der Waals surface area contributed by atoms with Crippen molar-refractivity contribution in [2.24, 2.45) is 0 Å². The minimum Gasteiger partial charge on any atom is -0.444 e. The number of imidazole rings is 1. The van der Waals surface area contributed by atoms with Crippen LogP contribution < -0.4 is 15.4 Å². The Balaban J connectivity index is 1.39. The van der Waals surface area contributed by atoms with E-state index in [1.165, 1.54) is 18.2 Å². The third-order valence-electron chi connectivity index (χ3n) is 9.17. The number of hydrogen-bond acceptors (Lipinski definition) is 7. The van der Waals surface area contributed by atoms with Crippen LogP contribution in [0.25, 0.3) is 39.6 Å². The molecule has 1 aliphatic heterocycles.